The Kier molecular flexibility index (Phi) is 5.84. The molecule has 7 heteroatoms. The van der Waals surface area contributed by atoms with E-state index in [1.54, 1.807) is 6.07 Å². The van der Waals surface area contributed by atoms with E-state index in [0.717, 1.165) is 0 Å². The molecule has 0 spiro atoms. The van der Waals surface area contributed by atoms with Crippen LogP contribution in [0.2, 0.25) is 5.02 Å². The largest absolute Gasteiger partial charge is 0.411 e. The van der Waals surface area contributed by atoms with Crippen molar-refractivity contribution in [3.8, 4) is 0 Å². The predicted octanol–water partition coefficient (Wildman–Crippen LogP) is 3.15. The minimum atomic E-state index is -4.31. The van der Waals surface area contributed by atoms with Crippen molar-refractivity contribution in [1.82, 2.24) is 5.32 Å². The van der Waals surface area contributed by atoms with E-state index in [1.165, 1.54) is 12.1 Å². The average molecular weight is 286 g/mol. The van der Waals surface area contributed by atoms with Crippen molar-refractivity contribution < 1.29 is 22.3 Å². The molecular weight excluding hydrogens is 274 g/mol. The van der Waals surface area contributed by atoms with Gasteiger partial charge in [-0.1, -0.05) is 11.6 Å². The smallest absolute Gasteiger partial charge is 0.371 e. The van der Waals surface area contributed by atoms with E-state index in [1.807, 2.05) is 0 Å². The lowest BCUT2D eigenvalue weighted by atomic mass is 10.2. The first-order chi connectivity index (χ1) is 8.37. The van der Waals surface area contributed by atoms with Crippen molar-refractivity contribution in [3.63, 3.8) is 0 Å². The van der Waals surface area contributed by atoms with Gasteiger partial charge in [-0.2, -0.15) is 13.2 Å². The van der Waals surface area contributed by atoms with Crippen LogP contribution in [-0.2, 0) is 11.3 Å². The summed E-state index contributed by atoms with van der Waals surface area (Å²) in [5.74, 6) is -0.451. The molecule has 0 fully saturated rings. The third kappa shape index (κ3) is 6.78. The summed E-state index contributed by atoms with van der Waals surface area (Å²) < 4.78 is 52.5. The van der Waals surface area contributed by atoms with E-state index in [0.29, 0.717) is 12.1 Å². The topological polar surface area (TPSA) is 21.3 Å². The van der Waals surface area contributed by atoms with Crippen molar-refractivity contribution in [3.05, 3.63) is 34.6 Å². The normalized spacial score (nSPS) is 11.8. The van der Waals surface area contributed by atoms with Crippen LogP contribution in [0.4, 0.5) is 17.6 Å². The van der Waals surface area contributed by atoms with Crippen LogP contribution >= 0.6 is 11.6 Å². The lowest BCUT2D eigenvalue weighted by Crippen LogP contribution is -2.23. The Hall–Kier alpha value is -0.850. The second-order valence-corrected chi connectivity index (χ2v) is 4.06. The van der Waals surface area contributed by atoms with Crippen LogP contribution in [0, 0.1) is 5.82 Å². The Labute approximate surface area is 107 Å². The van der Waals surface area contributed by atoms with E-state index in [2.05, 4.69) is 10.1 Å². The Bertz CT molecular complexity index is 364. The maximum atomic E-state index is 12.9. The highest BCUT2D eigenvalue weighted by atomic mass is 35.5. The number of alkyl halides is 3. The second kappa shape index (κ2) is 6.92. The molecule has 0 amide bonds. The molecule has 0 bridgehead atoms. The van der Waals surface area contributed by atoms with Crippen LogP contribution < -0.4 is 5.32 Å². The number of nitrogens with one attached hydrogen (secondary N) is 1. The number of hydrogen-bond donors (Lipinski definition) is 1. The molecule has 0 atom stereocenters. The molecular formula is C11H12ClF4NO. The standard InChI is InChI=1S/C11H12ClF4NO/c12-9-3-8(4-10(13)5-9)6-17-1-2-18-7-11(14,15)16/h3-5,17H,1-2,6-7H2. The van der Waals surface area contributed by atoms with Crippen LogP contribution in [0.25, 0.3) is 0 Å². The average Bonchev–Trinajstić information content (AvgIpc) is 2.20. The quantitative estimate of drug-likeness (QED) is 0.640. The van der Waals surface area contributed by atoms with Gasteiger partial charge in [0.05, 0.1) is 6.61 Å². The van der Waals surface area contributed by atoms with E-state index >= 15 is 0 Å². The van der Waals surface area contributed by atoms with E-state index in [-0.39, 0.29) is 18.2 Å². The highest BCUT2D eigenvalue weighted by Gasteiger charge is 2.27. The highest BCUT2D eigenvalue weighted by Crippen LogP contribution is 2.14. The van der Waals surface area contributed by atoms with Gasteiger partial charge in [0.1, 0.15) is 12.4 Å². The van der Waals surface area contributed by atoms with Gasteiger partial charge >= 0.3 is 6.18 Å². The summed E-state index contributed by atoms with van der Waals surface area (Å²) in [5, 5.41) is 3.10. The molecule has 1 N–H and O–H groups in total. The lowest BCUT2D eigenvalue weighted by Gasteiger charge is -2.08. The predicted molar refractivity (Wildman–Crippen MR) is 60.0 cm³/mol. The van der Waals surface area contributed by atoms with Gasteiger partial charge in [-0.15, -0.1) is 0 Å². The fourth-order valence-electron chi connectivity index (χ4n) is 1.28. The van der Waals surface area contributed by atoms with Crippen molar-refractivity contribution in [1.29, 1.82) is 0 Å². The van der Waals surface area contributed by atoms with E-state index in [9.17, 15) is 17.6 Å². The first kappa shape index (κ1) is 15.2. The summed E-state index contributed by atoms with van der Waals surface area (Å²) in [4.78, 5) is 0. The number of benzene rings is 1. The Morgan fingerprint density at radius 1 is 1.22 bits per heavy atom. The zero-order valence-electron chi connectivity index (χ0n) is 9.36. The van der Waals surface area contributed by atoms with Crippen LogP contribution in [-0.4, -0.2) is 25.9 Å². The fourth-order valence-corrected chi connectivity index (χ4v) is 1.52. The summed E-state index contributed by atoms with van der Waals surface area (Å²) in [7, 11) is 0. The van der Waals surface area contributed by atoms with Gasteiger partial charge in [0.15, 0.2) is 0 Å². The zero-order chi connectivity index (χ0) is 13.6. The SMILES string of the molecule is Fc1cc(Cl)cc(CNCCOCC(F)(F)F)c1. The van der Waals surface area contributed by atoms with Crippen molar-refractivity contribution in [2.45, 2.75) is 12.7 Å². The van der Waals surface area contributed by atoms with Crippen molar-refractivity contribution >= 4 is 11.6 Å². The van der Waals surface area contributed by atoms with Crippen LogP contribution in [0.3, 0.4) is 0 Å². The lowest BCUT2D eigenvalue weighted by molar-refractivity contribution is -0.173. The molecule has 0 saturated carbocycles. The van der Waals surface area contributed by atoms with Gasteiger partial charge in [-0.05, 0) is 23.8 Å². The molecule has 0 unspecified atom stereocenters. The van der Waals surface area contributed by atoms with Crippen LogP contribution in [0.15, 0.2) is 18.2 Å². The number of rotatable bonds is 6. The number of ether oxygens (including phenoxy) is 1. The number of hydrogen-bond acceptors (Lipinski definition) is 2. The van der Waals surface area contributed by atoms with Gasteiger partial charge in [-0.3, -0.25) is 0 Å². The van der Waals surface area contributed by atoms with Crippen molar-refractivity contribution in [2.24, 2.45) is 0 Å². The molecule has 0 aliphatic heterocycles. The Morgan fingerprint density at radius 3 is 2.56 bits per heavy atom. The van der Waals surface area contributed by atoms with Crippen LogP contribution in [0.5, 0.6) is 0 Å². The molecule has 1 rings (SSSR count). The van der Waals surface area contributed by atoms with E-state index < -0.39 is 18.6 Å². The minimum Gasteiger partial charge on any atom is -0.371 e. The highest BCUT2D eigenvalue weighted by molar-refractivity contribution is 6.30. The van der Waals surface area contributed by atoms with Gasteiger partial charge < -0.3 is 10.1 Å². The summed E-state index contributed by atoms with van der Waals surface area (Å²) in [6.45, 7) is -0.778. The monoisotopic (exact) mass is 285 g/mol. The van der Waals surface area contributed by atoms with Gasteiger partial charge in [0, 0.05) is 18.1 Å². The Balaban J connectivity index is 2.18. The van der Waals surface area contributed by atoms with E-state index in [4.69, 9.17) is 11.6 Å². The molecule has 1 aromatic carbocycles. The third-order valence-electron chi connectivity index (χ3n) is 1.94. The number of halogens is 5. The third-order valence-corrected chi connectivity index (χ3v) is 2.16. The van der Waals surface area contributed by atoms with Gasteiger partial charge in [0.2, 0.25) is 0 Å². The second-order valence-electron chi connectivity index (χ2n) is 3.62. The minimum absolute atomic E-state index is 0.0669. The molecule has 0 aliphatic carbocycles. The maximum absolute atomic E-state index is 12.9. The van der Waals surface area contributed by atoms with Gasteiger partial charge in [-0.25, -0.2) is 4.39 Å². The summed E-state index contributed by atoms with van der Waals surface area (Å²) in [6.07, 6.45) is -4.31. The summed E-state index contributed by atoms with van der Waals surface area (Å²) >= 11 is 5.65. The first-order valence-electron chi connectivity index (χ1n) is 5.17. The zero-order valence-corrected chi connectivity index (χ0v) is 10.1. The maximum Gasteiger partial charge on any atom is 0.411 e. The first-order valence-corrected chi connectivity index (χ1v) is 5.55. The molecule has 0 aliphatic rings. The van der Waals surface area contributed by atoms with Crippen LogP contribution in [0.1, 0.15) is 5.56 Å². The molecule has 0 heterocycles. The summed E-state index contributed by atoms with van der Waals surface area (Å²) in [5.41, 5.74) is 0.621. The summed E-state index contributed by atoms with van der Waals surface area (Å²) in [6, 6.07) is 4.06. The molecule has 0 saturated heterocycles. The molecule has 1 aromatic rings. The molecule has 0 aromatic heterocycles. The van der Waals surface area contributed by atoms with Gasteiger partial charge in [0.25, 0.3) is 0 Å². The molecule has 102 valence electrons. The fraction of sp³-hybridized carbons (Fsp3) is 0.455. The molecule has 2 nitrogen and oxygen atoms in total. The Morgan fingerprint density at radius 2 is 1.94 bits per heavy atom. The van der Waals surface area contributed by atoms with Crippen molar-refractivity contribution in [2.75, 3.05) is 19.8 Å². The molecule has 18 heavy (non-hydrogen) atoms. The molecule has 0 radical (unpaired) electrons.